The molecule has 0 bridgehead atoms. The molecule has 0 radical (unpaired) electrons. The van der Waals surface area contributed by atoms with E-state index < -0.39 is 10.0 Å². The fourth-order valence-electron chi connectivity index (χ4n) is 3.31. The summed E-state index contributed by atoms with van der Waals surface area (Å²) in [6, 6.07) is 23.2. The maximum atomic E-state index is 11.6. The lowest BCUT2D eigenvalue weighted by Crippen LogP contribution is -2.19. The van der Waals surface area contributed by atoms with Crippen LogP contribution < -0.4 is 10.5 Å². The summed E-state index contributed by atoms with van der Waals surface area (Å²) in [7, 11) is -3.82. The molecule has 3 N–H and O–H groups in total. The summed E-state index contributed by atoms with van der Waals surface area (Å²) in [5.74, 6) is 1.80. The van der Waals surface area contributed by atoms with Crippen molar-refractivity contribution in [2.45, 2.75) is 30.8 Å². The van der Waals surface area contributed by atoms with Gasteiger partial charge in [0.25, 0.3) is 0 Å². The second kappa shape index (κ2) is 9.39. The van der Waals surface area contributed by atoms with Crippen LogP contribution >= 0.6 is 0 Å². The van der Waals surface area contributed by atoms with Crippen LogP contribution in [-0.2, 0) is 23.0 Å². The Morgan fingerprint density at radius 2 is 1.69 bits per heavy atom. The lowest BCUT2D eigenvalue weighted by atomic mass is 10.1. The quantitative estimate of drug-likeness (QED) is 0.428. The van der Waals surface area contributed by atoms with Gasteiger partial charge >= 0.3 is 0 Å². The molecule has 0 saturated carbocycles. The van der Waals surface area contributed by atoms with E-state index >= 15 is 0 Å². The number of nitrogens with zero attached hydrogens (tertiary/aromatic N) is 4. The van der Waals surface area contributed by atoms with E-state index in [9.17, 15) is 8.42 Å². The maximum Gasteiger partial charge on any atom is 0.239 e. The maximum absolute atomic E-state index is 11.6. The van der Waals surface area contributed by atoms with Gasteiger partial charge < -0.3 is 5.32 Å². The molecule has 0 spiro atoms. The number of sulfonamides is 1. The van der Waals surface area contributed by atoms with Crippen LogP contribution in [0.25, 0.3) is 5.82 Å². The predicted octanol–water partition coefficient (Wildman–Crippen LogP) is 2.75. The SMILES string of the molecule is CC(NCc1nc(Cc2ccccc2)n(-c2ccc(S(N)(=O)=O)cn2)n1)c1ccccc1. The summed E-state index contributed by atoms with van der Waals surface area (Å²) >= 11 is 0. The Morgan fingerprint density at radius 1 is 1.00 bits per heavy atom. The number of primary sulfonamides is 1. The highest BCUT2D eigenvalue weighted by Gasteiger charge is 2.16. The molecule has 0 aliphatic carbocycles. The topological polar surface area (TPSA) is 116 Å². The van der Waals surface area contributed by atoms with Crippen molar-refractivity contribution < 1.29 is 8.42 Å². The van der Waals surface area contributed by atoms with Gasteiger partial charge in [0.2, 0.25) is 10.0 Å². The van der Waals surface area contributed by atoms with Crippen molar-refractivity contribution in [2.75, 3.05) is 0 Å². The summed E-state index contributed by atoms with van der Waals surface area (Å²) in [6.45, 7) is 2.56. The van der Waals surface area contributed by atoms with E-state index in [1.807, 2.05) is 48.5 Å². The van der Waals surface area contributed by atoms with Crippen molar-refractivity contribution >= 4 is 10.0 Å². The average Bonchev–Trinajstić information content (AvgIpc) is 3.21. The van der Waals surface area contributed by atoms with Crippen LogP contribution in [0.15, 0.2) is 83.9 Å². The van der Waals surface area contributed by atoms with E-state index in [4.69, 9.17) is 10.1 Å². The monoisotopic (exact) mass is 448 g/mol. The van der Waals surface area contributed by atoms with Crippen LogP contribution in [0.2, 0.25) is 0 Å². The minimum absolute atomic E-state index is 0.0513. The molecule has 2 heterocycles. The number of benzene rings is 2. The first-order valence-electron chi connectivity index (χ1n) is 10.2. The van der Waals surface area contributed by atoms with Crippen molar-refractivity contribution in [3.8, 4) is 5.82 Å². The number of nitrogens with two attached hydrogens (primary N) is 1. The second-order valence-corrected chi connectivity index (χ2v) is 8.99. The molecule has 0 aliphatic heterocycles. The first-order valence-corrected chi connectivity index (χ1v) is 11.7. The Morgan fingerprint density at radius 3 is 2.31 bits per heavy atom. The zero-order valence-corrected chi connectivity index (χ0v) is 18.4. The molecule has 1 unspecified atom stereocenters. The standard InChI is InChI=1S/C23H24N6O2S/c1-17(19-10-6-3-7-11-19)25-16-21-27-23(14-18-8-4-2-5-9-18)29(28-21)22-13-12-20(15-26-22)32(24,30)31/h2-13,15,17,25H,14,16H2,1H3,(H2,24,30,31). The molecule has 4 rings (SSSR count). The largest absolute Gasteiger partial charge is 0.303 e. The minimum Gasteiger partial charge on any atom is -0.303 e. The van der Waals surface area contributed by atoms with Crippen LogP contribution in [0.1, 0.15) is 35.7 Å². The Bertz CT molecular complexity index is 1270. The van der Waals surface area contributed by atoms with Crippen LogP contribution in [0, 0.1) is 0 Å². The Hall–Kier alpha value is -3.40. The molecule has 0 saturated heterocycles. The molecule has 2 aromatic heterocycles. The molecular weight excluding hydrogens is 424 g/mol. The molecule has 1 atom stereocenters. The Kier molecular flexibility index (Phi) is 6.40. The molecule has 0 amide bonds. The van der Waals surface area contributed by atoms with Crippen LogP contribution in [0.3, 0.4) is 0 Å². The molecular formula is C23H24N6O2S. The van der Waals surface area contributed by atoms with Crippen molar-refractivity contribution in [3.05, 3.63) is 102 Å². The van der Waals surface area contributed by atoms with Crippen molar-refractivity contribution in [1.82, 2.24) is 25.1 Å². The highest BCUT2D eigenvalue weighted by atomic mass is 32.2. The highest BCUT2D eigenvalue weighted by molar-refractivity contribution is 7.89. The third-order valence-corrected chi connectivity index (χ3v) is 5.95. The van der Waals surface area contributed by atoms with Crippen LogP contribution in [0.4, 0.5) is 0 Å². The van der Waals surface area contributed by atoms with E-state index in [2.05, 4.69) is 34.5 Å². The molecule has 164 valence electrons. The summed E-state index contributed by atoms with van der Waals surface area (Å²) in [5.41, 5.74) is 2.26. The van der Waals surface area contributed by atoms with Crippen molar-refractivity contribution in [3.63, 3.8) is 0 Å². The fourth-order valence-corrected chi connectivity index (χ4v) is 3.77. The van der Waals surface area contributed by atoms with E-state index in [1.165, 1.54) is 17.8 Å². The second-order valence-electron chi connectivity index (χ2n) is 7.43. The zero-order chi connectivity index (χ0) is 22.6. The van der Waals surface area contributed by atoms with Gasteiger partial charge in [-0.1, -0.05) is 60.7 Å². The van der Waals surface area contributed by atoms with E-state index in [0.717, 1.165) is 5.56 Å². The smallest absolute Gasteiger partial charge is 0.239 e. The number of hydrogen-bond donors (Lipinski definition) is 2. The van der Waals surface area contributed by atoms with Gasteiger partial charge in [-0.25, -0.2) is 23.5 Å². The molecule has 0 fully saturated rings. The number of pyridine rings is 1. The van der Waals surface area contributed by atoms with Gasteiger partial charge in [0.05, 0.1) is 6.54 Å². The molecule has 0 aliphatic rings. The molecule has 2 aromatic carbocycles. The third-order valence-electron chi connectivity index (χ3n) is 5.06. The van der Waals surface area contributed by atoms with Crippen molar-refractivity contribution in [2.24, 2.45) is 5.14 Å². The number of hydrogen-bond acceptors (Lipinski definition) is 6. The van der Waals surface area contributed by atoms with E-state index in [1.54, 1.807) is 10.7 Å². The van der Waals surface area contributed by atoms with Gasteiger partial charge in [-0.15, -0.1) is 5.10 Å². The van der Waals surface area contributed by atoms with Crippen molar-refractivity contribution in [1.29, 1.82) is 0 Å². The number of aromatic nitrogens is 4. The van der Waals surface area contributed by atoms with E-state index in [-0.39, 0.29) is 10.9 Å². The summed E-state index contributed by atoms with van der Waals surface area (Å²) in [6.07, 6.45) is 1.79. The molecule has 4 aromatic rings. The molecule has 8 nitrogen and oxygen atoms in total. The number of nitrogens with one attached hydrogen (secondary N) is 1. The summed E-state index contributed by atoms with van der Waals surface area (Å²) in [4.78, 5) is 8.93. The summed E-state index contributed by atoms with van der Waals surface area (Å²) in [5, 5.41) is 13.3. The molecule has 32 heavy (non-hydrogen) atoms. The lowest BCUT2D eigenvalue weighted by molar-refractivity contribution is 0.558. The van der Waals surface area contributed by atoms with Gasteiger partial charge in [0.15, 0.2) is 11.6 Å². The zero-order valence-electron chi connectivity index (χ0n) is 17.6. The van der Waals surface area contributed by atoms with Crippen LogP contribution in [-0.4, -0.2) is 28.2 Å². The average molecular weight is 449 g/mol. The van der Waals surface area contributed by atoms with Gasteiger partial charge in [-0.05, 0) is 30.2 Å². The first kappa shape index (κ1) is 21.8. The van der Waals surface area contributed by atoms with Gasteiger partial charge in [-0.2, -0.15) is 4.68 Å². The van der Waals surface area contributed by atoms with Gasteiger partial charge in [0, 0.05) is 18.7 Å². The predicted molar refractivity (Wildman–Crippen MR) is 121 cm³/mol. The Balaban J connectivity index is 1.61. The highest BCUT2D eigenvalue weighted by Crippen LogP contribution is 2.16. The number of rotatable bonds is 8. The molecule has 9 heteroatoms. The normalized spacial score (nSPS) is 12.6. The fraction of sp³-hybridized carbons (Fsp3) is 0.174. The van der Waals surface area contributed by atoms with Crippen LogP contribution in [0.5, 0.6) is 0 Å². The third kappa shape index (κ3) is 5.25. The summed E-state index contributed by atoms with van der Waals surface area (Å²) < 4.78 is 24.8. The van der Waals surface area contributed by atoms with Gasteiger partial charge in [-0.3, -0.25) is 0 Å². The minimum atomic E-state index is -3.82. The van der Waals surface area contributed by atoms with E-state index in [0.29, 0.717) is 30.4 Å². The van der Waals surface area contributed by atoms with Gasteiger partial charge in [0.1, 0.15) is 10.7 Å². The first-order chi connectivity index (χ1) is 15.4. The lowest BCUT2D eigenvalue weighted by Gasteiger charge is -2.12. The Labute approximate surface area is 187 Å².